The number of hydrogen-bond donors (Lipinski definition) is 2. The second kappa shape index (κ2) is 7.14. The number of hydrogen-bond acceptors (Lipinski definition) is 2. The molecule has 1 rings (SSSR count). The quantitative estimate of drug-likeness (QED) is 0.871. The Morgan fingerprint density at radius 1 is 1.40 bits per heavy atom. The summed E-state index contributed by atoms with van der Waals surface area (Å²) < 4.78 is 0. The Bertz CT molecular complexity index is 503. The van der Waals surface area contributed by atoms with Gasteiger partial charge in [0.2, 0.25) is 0 Å². The molecule has 2 amide bonds. The highest BCUT2D eigenvalue weighted by atomic mass is 35.5. The van der Waals surface area contributed by atoms with Crippen molar-refractivity contribution in [1.29, 1.82) is 0 Å². The highest BCUT2D eigenvalue weighted by Crippen LogP contribution is 2.23. The number of halogens is 1. The predicted molar refractivity (Wildman–Crippen MR) is 79.6 cm³/mol. The summed E-state index contributed by atoms with van der Waals surface area (Å²) in [5.74, 6) is -1.06. The van der Waals surface area contributed by atoms with Crippen LogP contribution in [0.2, 0.25) is 5.02 Å². The van der Waals surface area contributed by atoms with Gasteiger partial charge in [-0.15, -0.1) is 0 Å². The number of carboxylic acids is 1. The lowest BCUT2D eigenvalue weighted by molar-refractivity contribution is 0.0697. The first-order chi connectivity index (χ1) is 9.36. The maximum Gasteiger partial charge on any atom is 0.335 e. The van der Waals surface area contributed by atoms with Gasteiger partial charge in [0.1, 0.15) is 0 Å². The lowest BCUT2D eigenvalue weighted by atomic mass is 10.2. The zero-order valence-corrected chi connectivity index (χ0v) is 12.6. The Morgan fingerprint density at radius 2 is 2.05 bits per heavy atom. The Kier molecular flexibility index (Phi) is 5.82. The molecule has 0 aromatic heterocycles. The van der Waals surface area contributed by atoms with Gasteiger partial charge in [0.25, 0.3) is 0 Å². The van der Waals surface area contributed by atoms with Crippen LogP contribution in [0.4, 0.5) is 10.5 Å². The highest BCUT2D eigenvalue weighted by Gasteiger charge is 2.17. The molecule has 1 aromatic carbocycles. The van der Waals surface area contributed by atoms with E-state index in [1.165, 1.54) is 18.2 Å². The van der Waals surface area contributed by atoms with E-state index < -0.39 is 5.97 Å². The van der Waals surface area contributed by atoms with Crippen molar-refractivity contribution in [3.63, 3.8) is 0 Å². The molecule has 0 unspecified atom stereocenters. The van der Waals surface area contributed by atoms with Gasteiger partial charge in [0.05, 0.1) is 16.3 Å². The molecule has 0 aliphatic rings. The third-order valence-electron chi connectivity index (χ3n) is 2.81. The number of carbonyl (C=O) groups is 2. The second-order valence-electron chi connectivity index (χ2n) is 4.72. The van der Waals surface area contributed by atoms with Crippen LogP contribution in [0.5, 0.6) is 0 Å². The molecule has 0 saturated carbocycles. The minimum Gasteiger partial charge on any atom is -0.478 e. The number of urea groups is 1. The van der Waals surface area contributed by atoms with Crippen molar-refractivity contribution in [2.24, 2.45) is 0 Å². The van der Waals surface area contributed by atoms with Crippen LogP contribution in [0.25, 0.3) is 0 Å². The zero-order chi connectivity index (χ0) is 15.3. The average molecular weight is 299 g/mol. The Morgan fingerprint density at radius 3 is 2.50 bits per heavy atom. The minimum atomic E-state index is -1.06. The molecule has 6 heteroatoms. The smallest absolute Gasteiger partial charge is 0.335 e. The van der Waals surface area contributed by atoms with Crippen molar-refractivity contribution in [2.75, 3.05) is 11.9 Å². The summed E-state index contributed by atoms with van der Waals surface area (Å²) in [6, 6.07) is 4.05. The first-order valence-corrected chi connectivity index (χ1v) is 6.85. The molecular weight excluding hydrogens is 280 g/mol. The third-order valence-corrected chi connectivity index (χ3v) is 3.12. The van der Waals surface area contributed by atoms with Crippen LogP contribution in [0, 0.1) is 0 Å². The molecule has 20 heavy (non-hydrogen) atoms. The van der Waals surface area contributed by atoms with E-state index in [0.717, 1.165) is 6.42 Å². The number of aromatic carboxylic acids is 1. The molecule has 0 fully saturated rings. The summed E-state index contributed by atoms with van der Waals surface area (Å²) in [4.78, 5) is 24.7. The zero-order valence-electron chi connectivity index (χ0n) is 11.8. The van der Waals surface area contributed by atoms with Crippen LogP contribution in [-0.2, 0) is 0 Å². The maximum absolute atomic E-state index is 12.2. The van der Waals surface area contributed by atoms with Gasteiger partial charge >= 0.3 is 12.0 Å². The Labute approximate surface area is 123 Å². The van der Waals surface area contributed by atoms with E-state index in [2.05, 4.69) is 5.32 Å². The maximum atomic E-state index is 12.2. The van der Waals surface area contributed by atoms with E-state index in [0.29, 0.717) is 12.2 Å². The molecule has 5 nitrogen and oxygen atoms in total. The van der Waals surface area contributed by atoms with E-state index in [9.17, 15) is 9.59 Å². The lowest BCUT2D eigenvalue weighted by Crippen LogP contribution is -2.40. The number of benzene rings is 1. The van der Waals surface area contributed by atoms with E-state index in [1.54, 1.807) is 4.90 Å². The van der Waals surface area contributed by atoms with Crippen molar-refractivity contribution in [3.05, 3.63) is 28.8 Å². The molecule has 0 aliphatic carbocycles. The van der Waals surface area contributed by atoms with Gasteiger partial charge in [-0.2, -0.15) is 0 Å². The van der Waals surface area contributed by atoms with E-state index in [1.807, 2.05) is 20.8 Å². The fourth-order valence-corrected chi connectivity index (χ4v) is 2.00. The number of rotatable bonds is 5. The fraction of sp³-hybridized carbons (Fsp3) is 0.429. The number of carboxylic acid groups (broad SMARTS) is 1. The normalized spacial score (nSPS) is 10.4. The van der Waals surface area contributed by atoms with E-state index >= 15 is 0 Å². The minimum absolute atomic E-state index is 0.0759. The summed E-state index contributed by atoms with van der Waals surface area (Å²) in [7, 11) is 0. The van der Waals surface area contributed by atoms with Crippen LogP contribution in [0.1, 0.15) is 37.6 Å². The van der Waals surface area contributed by atoms with Gasteiger partial charge < -0.3 is 15.3 Å². The van der Waals surface area contributed by atoms with Crippen molar-refractivity contribution in [3.8, 4) is 0 Å². The first kappa shape index (κ1) is 16.3. The van der Waals surface area contributed by atoms with Crippen molar-refractivity contribution >= 4 is 29.3 Å². The van der Waals surface area contributed by atoms with Gasteiger partial charge in [-0.25, -0.2) is 9.59 Å². The molecule has 0 heterocycles. The summed E-state index contributed by atoms with van der Waals surface area (Å²) >= 11 is 5.98. The molecule has 0 radical (unpaired) electrons. The number of amides is 2. The summed E-state index contributed by atoms with van der Waals surface area (Å²) in [6.45, 7) is 6.51. The van der Waals surface area contributed by atoms with Crippen LogP contribution >= 0.6 is 11.6 Å². The van der Waals surface area contributed by atoms with Crippen molar-refractivity contribution in [1.82, 2.24) is 4.90 Å². The molecule has 0 spiro atoms. The van der Waals surface area contributed by atoms with Crippen molar-refractivity contribution in [2.45, 2.75) is 33.2 Å². The van der Waals surface area contributed by atoms with E-state index in [-0.39, 0.29) is 22.7 Å². The Balaban J connectivity index is 2.87. The average Bonchev–Trinajstić information content (AvgIpc) is 2.37. The van der Waals surface area contributed by atoms with Crippen molar-refractivity contribution < 1.29 is 14.7 Å². The third kappa shape index (κ3) is 4.13. The van der Waals surface area contributed by atoms with E-state index in [4.69, 9.17) is 16.7 Å². The van der Waals surface area contributed by atoms with Crippen LogP contribution in [0.15, 0.2) is 18.2 Å². The molecule has 0 saturated heterocycles. The lowest BCUT2D eigenvalue weighted by Gasteiger charge is -2.26. The van der Waals surface area contributed by atoms with Gasteiger partial charge in [0.15, 0.2) is 0 Å². The molecule has 1 aromatic rings. The van der Waals surface area contributed by atoms with Crippen LogP contribution < -0.4 is 5.32 Å². The molecular formula is C14H19ClN2O3. The van der Waals surface area contributed by atoms with Crippen LogP contribution in [0.3, 0.4) is 0 Å². The largest absolute Gasteiger partial charge is 0.478 e. The van der Waals surface area contributed by atoms with Gasteiger partial charge in [-0.1, -0.05) is 18.5 Å². The monoisotopic (exact) mass is 298 g/mol. The number of nitrogens with one attached hydrogen (secondary N) is 1. The summed E-state index contributed by atoms with van der Waals surface area (Å²) in [5, 5.41) is 11.8. The first-order valence-electron chi connectivity index (χ1n) is 6.47. The molecule has 0 atom stereocenters. The number of nitrogens with zero attached hydrogens (tertiary/aromatic N) is 1. The number of carbonyl (C=O) groups excluding carboxylic acids is 1. The van der Waals surface area contributed by atoms with Gasteiger partial charge in [0, 0.05) is 12.6 Å². The Hall–Kier alpha value is -1.75. The topological polar surface area (TPSA) is 69.6 Å². The SMILES string of the molecule is CCCN(C(=O)Nc1ccc(C(=O)O)cc1Cl)C(C)C. The molecule has 0 bridgehead atoms. The fourth-order valence-electron chi connectivity index (χ4n) is 1.77. The second-order valence-corrected chi connectivity index (χ2v) is 5.12. The summed E-state index contributed by atoms with van der Waals surface area (Å²) in [5.41, 5.74) is 0.491. The molecule has 2 N–H and O–H groups in total. The number of anilines is 1. The highest BCUT2D eigenvalue weighted by molar-refractivity contribution is 6.34. The molecule has 110 valence electrons. The van der Waals surface area contributed by atoms with Gasteiger partial charge in [-0.3, -0.25) is 0 Å². The molecule has 0 aliphatic heterocycles. The van der Waals surface area contributed by atoms with Crippen LogP contribution in [-0.4, -0.2) is 34.6 Å². The summed E-state index contributed by atoms with van der Waals surface area (Å²) in [6.07, 6.45) is 0.858. The van der Waals surface area contributed by atoms with Gasteiger partial charge in [-0.05, 0) is 38.5 Å². The predicted octanol–water partition coefficient (Wildman–Crippen LogP) is 3.69. The standard InChI is InChI=1S/C14H19ClN2O3/c1-4-7-17(9(2)3)14(20)16-12-6-5-10(13(18)19)8-11(12)15/h5-6,8-9H,4,7H2,1-3H3,(H,16,20)(H,18,19).